The van der Waals surface area contributed by atoms with E-state index in [0.29, 0.717) is 18.9 Å². The number of hydrogen-bond donors (Lipinski definition) is 0. The number of benzene rings is 2. The Morgan fingerprint density at radius 2 is 1.84 bits per heavy atom. The number of piperidine rings is 1. The summed E-state index contributed by atoms with van der Waals surface area (Å²) in [6.45, 7) is 2.32. The molecule has 0 saturated carbocycles. The average molecular weight is 459 g/mol. The summed E-state index contributed by atoms with van der Waals surface area (Å²) in [5, 5.41) is 3.86. The maximum atomic E-state index is 14.3. The van der Waals surface area contributed by atoms with Crippen LogP contribution in [-0.2, 0) is 21.4 Å². The maximum Gasteiger partial charge on any atom is 0.338 e. The van der Waals surface area contributed by atoms with Crippen molar-refractivity contribution in [2.45, 2.75) is 37.7 Å². The first-order chi connectivity index (χ1) is 15.3. The first-order valence-corrected chi connectivity index (χ1v) is 11.6. The molecule has 168 valence electrons. The Bertz CT molecular complexity index is 1220. The Morgan fingerprint density at radius 1 is 1.12 bits per heavy atom. The van der Waals surface area contributed by atoms with Crippen LogP contribution < -0.4 is 0 Å². The summed E-state index contributed by atoms with van der Waals surface area (Å²) in [4.78, 5) is 16.1. The molecule has 8 nitrogen and oxygen atoms in total. The predicted octanol–water partition coefficient (Wildman–Crippen LogP) is 3.72. The molecule has 0 atom stereocenters. The lowest BCUT2D eigenvalue weighted by Crippen LogP contribution is -2.36. The van der Waals surface area contributed by atoms with E-state index < -0.39 is 26.7 Å². The molecule has 0 spiro atoms. The van der Waals surface area contributed by atoms with Crippen molar-refractivity contribution in [1.29, 1.82) is 0 Å². The number of halogens is 1. The van der Waals surface area contributed by atoms with Gasteiger partial charge in [-0.1, -0.05) is 41.4 Å². The van der Waals surface area contributed by atoms with Gasteiger partial charge in [-0.25, -0.2) is 17.6 Å². The number of sulfonamides is 1. The minimum absolute atomic E-state index is 0.0807. The van der Waals surface area contributed by atoms with Crippen molar-refractivity contribution < 1.29 is 26.9 Å². The van der Waals surface area contributed by atoms with Crippen LogP contribution in [0.3, 0.4) is 0 Å². The van der Waals surface area contributed by atoms with Crippen molar-refractivity contribution in [3.05, 3.63) is 65.3 Å². The van der Waals surface area contributed by atoms with Crippen LogP contribution in [-0.4, -0.2) is 41.9 Å². The van der Waals surface area contributed by atoms with E-state index in [1.54, 1.807) is 0 Å². The largest absolute Gasteiger partial charge is 0.452 e. The van der Waals surface area contributed by atoms with Gasteiger partial charge in [0.1, 0.15) is 10.7 Å². The van der Waals surface area contributed by atoms with Crippen LogP contribution in [0.1, 0.15) is 41.1 Å². The van der Waals surface area contributed by atoms with Crippen molar-refractivity contribution in [3.63, 3.8) is 0 Å². The molecule has 4 rings (SSSR count). The molecule has 0 aliphatic carbocycles. The molecule has 1 saturated heterocycles. The second-order valence-electron chi connectivity index (χ2n) is 7.56. The van der Waals surface area contributed by atoms with Crippen LogP contribution in [0.25, 0.3) is 11.4 Å². The highest BCUT2D eigenvalue weighted by Gasteiger charge is 2.29. The number of ether oxygens (including phenoxy) is 1. The molecule has 32 heavy (non-hydrogen) atoms. The van der Waals surface area contributed by atoms with E-state index in [4.69, 9.17) is 9.26 Å². The van der Waals surface area contributed by atoms with Crippen LogP contribution in [0.4, 0.5) is 4.39 Å². The Morgan fingerprint density at radius 3 is 2.56 bits per heavy atom. The summed E-state index contributed by atoms with van der Waals surface area (Å²) in [5.41, 5.74) is 1.76. The fourth-order valence-corrected chi connectivity index (χ4v) is 5.02. The van der Waals surface area contributed by atoms with Crippen molar-refractivity contribution in [2.75, 3.05) is 13.1 Å². The smallest absolute Gasteiger partial charge is 0.338 e. The van der Waals surface area contributed by atoms with Crippen LogP contribution in [0, 0.1) is 12.7 Å². The third kappa shape index (κ3) is 4.71. The Kier molecular flexibility index (Phi) is 6.33. The van der Waals surface area contributed by atoms with Crippen LogP contribution in [0.15, 0.2) is 51.9 Å². The zero-order valence-corrected chi connectivity index (χ0v) is 18.3. The molecule has 0 N–H and O–H groups in total. The number of aromatic nitrogens is 2. The number of nitrogens with zero attached hydrogens (tertiary/aromatic N) is 3. The molecule has 3 aromatic rings. The van der Waals surface area contributed by atoms with Crippen molar-refractivity contribution in [2.24, 2.45) is 0 Å². The van der Waals surface area contributed by atoms with E-state index >= 15 is 0 Å². The number of rotatable bonds is 6. The van der Waals surface area contributed by atoms with Gasteiger partial charge < -0.3 is 9.26 Å². The molecule has 0 unspecified atom stereocenters. The SMILES string of the molecule is Cc1ccc(-c2noc(COC(=O)c3ccc(F)c(S(=O)(=O)N4CCCCC4)c3)n2)cc1. The van der Waals surface area contributed by atoms with E-state index in [0.717, 1.165) is 42.5 Å². The zero-order chi connectivity index (χ0) is 22.7. The summed E-state index contributed by atoms with van der Waals surface area (Å²) >= 11 is 0. The van der Waals surface area contributed by atoms with Crippen molar-refractivity contribution in [3.8, 4) is 11.4 Å². The van der Waals surface area contributed by atoms with Gasteiger partial charge in [0.05, 0.1) is 5.56 Å². The lowest BCUT2D eigenvalue weighted by Gasteiger charge is -2.26. The topological polar surface area (TPSA) is 103 Å². The minimum Gasteiger partial charge on any atom is -0.452 e. The quantitative estimate of drug-likeness (QED) is 0.518. The van der Waals surface area contributed by atoms with Crippen LogP contribution in [0.2, 0.25) is 0 Å². The lowest BCUT2D eigenvalue weighted by atomic mass is 10.1. The first kappa shape index (κ1) is 22.1. The van der Waals surface area contributed by atoms with Gasteiger partial charge >= 0.3 is 5.97 Å². The molecule has 1 aliphatic heterocycles. The second-order valence-corrected chi connectivity index (χ2v) is 9.47. The molecule has 0 amide bonds. The van der Waals surface area contributed by atoms with Gasteiger partial charge in [0, 0.05) is 18.7 Å². The number of hydrogen-bond acceptors (Lipinski definition) is 7. The minimum atomic E-state index is -4.04. The van der Waals surface area contributed by atoms with Gasteiger partial charge in [-0.15, -0.1) is 0 Å². The molecular weight excluding hydrogens is 437 g/mol. The fourth-order valence-electron chi connectivity index (χ4n) is 3.42. The van der Waals surface area contributed by atoms with E-state index in [9.17, 15) is 17.6 Å². The highest BCUT2D eigenvalue weighted by atomic mass is 32.2. The summed E-state index contributed by atoms with van der Waals surface area (Å²) in [6, 6.07) is 10.7. The fraction of sp³-hybridized carbons (Fsp3) is 0.318. The number of aryl methyl sites for hydroxylation is 1. The monoisotopic (exact) mass is 459 g/mol. The van der Waals surface area contributed by atoms with Crippen molar-refractivity contribution in [1.82, 2.24) is 14.4 Å². The number of carbonyl (C=O) groups is 1. The molecule has 10 heteroatoms. The van der Waals surface area contributed by atoms with Crippen molar-refractivity contribution >= 4 is 16.0 Å². The van der Waals surface area contributed by atoms with E-state index in [1.807, 2.05) is 31.2 Å². The molecule has 0 bridgehead atoms. The molecule has 0 radical (unpaired) electrons. The standard InChI is InChI=1S/C22H22FN3O5S/c1-15-5-7-16(8-6-15)21-24-20(31-25-21)14-30-22(27)17-9-10-18(23)19(13-17)32(28,29)26-11-3-2-4-12-26/h5-10,13H,2-4,11-12,14H2,1H3. The Hall–Kier alpha value is -3.11. The number of esters is 1. The Labute approximate surface area is 185 Å². The third-order valence-corrected chi connectivity index (χ3v) is 7.12. The molecule has 2 aromatic carbocycles. The normalized spacial score (nSPS) is 14.9. The zero-order valence-electron chi connectivity index (χ0n) is 17.5. The number of carbonyl (C=O) groups excluding carboxylic acids is 1. The highest BCUT2D eigenvalue weighted by molar-refractivity contribution is 7.89. The van der Waals surface area contributed by atoms with E-state index in [2.05, 4.69) is 10.1 Å². The van der Waals surface area contributed by atoms with Gasteiger partial charge in [0.2, 0.25) is 15.8 Å². The highest BCUT2D eigenvalue weighted by Crippen LogP contribution is 2.24. The van der Waals surface area contributed by atoms with Gasteiger partial charge in [-0.3, -0.25) is 0 Å². The summed E-state index contributed by atoms with van der Waals surface area (Å²) in [5.74, 6) is -1.30. The third-order valence-electron chi connectivity index (χ3n) is 5.20. The predicted molar refractivity (Wildman–Crippen MR) is 113 cm³/mol. The van der Waals surface area contributed by atoms with Crippen LogP contribution >= 0.6 is 0 Å². The van der Waals surface area contributed by atoms with E-state index in [-0.39, 0.29) is 18.1 Å². The summed E-state index contributed by atoms with van der Waals surface area (Å²) < 4.78 is 51.5. The Balaban J connectivity index is 1.46. The molecule has 2 heterocycles. The van der Waals surface area contributed by atoms with E-state index in [1.165, 1.54) is 10.4 Å². The average Bonchev–Trinajstić information content (AvgIpc) is 3.28. The van der Waals surface area contributed by atoms with Gasteiger partial charge in [0.25, 0.3) is 5.89 Å². The molecule has 1 aliphatic rings. The van der Waals surface area contributed by atoms with Gasteiger partial charge in [0.15, 0.2) is 6.61 Å². The molecule has 1 fully saturated rings. The molecule has 1 aromatic heterocycles. The summed E-state index contributed by atoms with van der Waals surface area (Å²) in [7, 11) is -4.04. The second kappa shape index (κ2) is 9.17. The first-order valence-electron chi connectivity index (χ1n) is 10.2. The van der Waals surface area contributed by atoms with Gasteiger partial charge in [-0.05, 0) is 38.0 Å². The van der Waals surface area contributed by atoms with Crippen LogP contribution in [0.5, 0.6) is 0 Å². The molecular formula is C22H22FN3O5S. The van der Waals surface area contributed by atoms with Gasteiger partial charge in [-0.2, -0.15) is 9.29 Å². The summed E-state index contributed by atoms with van der Waals surface area (Å²) in [6.07, 6.45) is 2.37. The lowest BCUT2D eigenvalue weighted by molar-refractivity contribution is 0.0429. The maximum absolute atomic E-state index is 14.3.